The van der Waals surface area contributed by atoms with Gasteiger partial charge in [-0.05, 0) is 12.1 Å². The maximum Gasteiger partial charge on any atom is 0.0600 e. The number of aliphatic hydroxyl groups excluding tert-OH is 1. The van der Waals surface area contributed by atoms with Crippen LogP contribution in [0.1, 0.15) is 0 Å². The number of nitrogens with two attached hydrogens (primary N) is 1. The highest BCUT2D eigenvalue weighted by Crippen LogP contribution is 2.23. The number of hydrogen-bond acceptors (Lipinski definition) is 4. The molecule has 3 N–H and O–H groups in total. The predicted molar refractivity (Wildman–Crippen MR) is 66.6 cm³/mol. The molecule has 1 aromatic carbocycles. The molecule has 1 heterocycles. The Bertz CT molecular complexity index is 335. The van der Waals surface area contributed by atoms with Crippen molar-refractivity contribution in [3.63, 3.8) is 0 Å². The Morgan fingerprint density at radius 2 is 1.81 bits per heavy atom. The van der Waals surface area contributed by atoms with Gasteiger partial charge in [-0.25, -0.2) is 0 Å². The molecule has 0 aromatic heterocycles. The molecule has 1 saturated heterocycles. The minimum atomic E-state index is 0.244. The maximum absolute atomic E-state index is 8.87. The number of benzene rings is 1. The van der Waals surface area contributed by atoms with Gasteiger partial charge in [-0.1, -0.05) is 12.1 Å². The highest BCUT2D eigenvalue weighted by atomic mass is 16.3. The Morgan fingerprint density at radius 1 is 1.12 bits per heavy atom. The molecule has 0 atom stereocenters. The van der Waals surface area contributed by atoms with Crippen molar-refractivity contribution in [2.75, 3.05) is 50.0 Å². The molecule has 0 aliphatic carbocycles. The summed E-state index contributed by atoms with van der Waals surface area (Å²) in [7, 11) is 0. The van der Waals surface area contributed by atoms with Gasteiger partial charge in [-0.15, -0.1) is 0 Å². The van der Waals surface area contributed by atoms with Crippen LogP contribution in [0.2, 0.25) is 0 Å². The molecule has 4 nitrogen and oxygen atoms in total. The van der Waals surface area contributed by atoms with Crippen LogP contribution in [0.5, 0.6) is 0 Å². The van der Waals surface area contributed by atoms with Gasteiger partial charge in [0.25, 0.3) is 0 Å². The lowest BCUT2D eigenvalue weighted by molar-refractivity contribution is 0.189. The van der Waals surface area contributed by atoms with E-state index in [1.165, 1.54) is 0 Å². The summed E-state index contributed by atoms with van der Waals surface area (Å²) in [6, 6.07) is 7.99. The van der Waals surface area contributed by atoms with E-state index in [1.807, 2.05) is 18.2 Å². The Balaban J connectivity index is 1.96. The van der Waals surface area contributed by atoms with E-state index in [-0.39, 0.29) is 6.61 Å². The van der Waals surface area contributed by atoms with Gasteiger partial charge >= 0.3 is 0 Å². The zero-order valence-electron chi connectivity index (χ0n) is 9.47. The number of piperazine rings is 1. The van der Waals surface area contributed by atoms with Crippen molar-refractivity contribution in [1.29, 1.82) is 0 Å². The first-order valence-corrected chi connectivity index (χ1v) is 5.74. The average Bonchev–Trinajstić information content (AvgIpc) is 2.31. The van der Waals surface area contributed by atoms with Crippen LogP contribution < -0.4 is 10.6 Å². The van der Waals surface area contributed by atoms with E-state index in [9.17, 15) is 0 Å². The molecule has 1 aliphatic rings. The summed E-state index contributed by atoms with van der Waals surface area (Å²) in [6.07, 6.45) is 0. The van der Waals surface area contributed by atoms with Crippen LogP contribution in [0.25, 0.3) is 0 Å². The molecule has 0 spiro atoms. The molecule has 1 fully saturated rings. The first-order chi connectivity index (χ1) is 7.81. The summed E-state index contributed by atoms with van der Waals surface area (Å²) in [5.41, 5.74) is 7.93. The largest absolute Gasteiger partial charge is 0.397 e. The molecule has 88 valence electrons. The molecule has 0 saturated carbocycles. The molecule has 1 aliphatic heterocycles. The summed E-state index contributed by atoms with van der Waals surface area (Å²) in [5.74, 6) is 0. The quantitative estimate of drug-likeness (QED) is 0.725. The van der Waals surface area contributed by atoms with Crippen molar-refractivity contribution in [1.82, 2.24) is 4.90 Å². The van der Waals surface area contributed by atoms with E-state index in [2.05, 4.69) is 15.9 Å². The van der Waals surface area contributed by atoms with Crippen molar-refractivity contribution < 1.29 is 5.11 Å². The molecule has 2 rings (SSSR count). The van der Waals surface area contributed by atoms with Crippen molar-refractivity contribution in [3.8, 4) is 0 Å². The Labute approximate surface area is 96.3 Å². The fourth-order valence-electron chi connectivity index (χ4n) is 2.13. The third-order valence-electron chi connectivity index (χ3n) is 3.07. The third-order valence-corrected chi connectivity index (χ3v) is 3.07. The minimum absolute atomic E-state index is 0.244. The predicted octanol–water partition coefficient (Wildman–Crippen LogP) is 0.383. The lowest BCUT2D eigenvalue weighted by atomic mass is 10.2. The summed E-state index contributed by atoms with van der Waals surface area (Å²) in [4.78, 5) is 4.58. The summed E-state index contributed by atoms with van der Waals surface area (Å²) in [5, 5.41) is 8.87. The first-order valence-electron chi connectivity index (χ1n) is 5.74. The zero-order valence-corrected chi connectivity index (χ0v) is 9.47. The van der Waals surface area contributed by atoms with Gasteiger partial charge in [0, 0.05) is 32.7 Å². The number of nitrogen functional groups attached to an aromatic ring is 1. The second-order valence-corrected chi connectivity index (χ2v) is 4.11. The van der Waals surface area contributed by atoms with Gasteiger partial charge in [0.15, 0.2) is 0 Å². The Morgan fingerprint density at radius 3 is 2.44 bits per heavy atom. The normalized spacial score (nSPS) is 17.7. The molecule has 0 amide bonds. The van der Waals surface area contributed by atoms with E-state index in [4.69, 9.17) is 10.8 Å². The van der Waals surface area contributed by atoms with E-state index in [0.717, 1.165) is 44.1 Å². The van der Waals surface area contributed by atoms with Crippen molar-refractivity contribution in [2.45, 2.75) is 0 Å². The van der Waals surface area contributed by atoms with Gasteiger partial charge in [0.2, 0.25) is 0 Å². The fourth-order valence-corrected chi connectivity index (χ4v) is 2.13. The molecule has 16 heavy (non-hydrogen) atoms. The topological polar surface area (TPSA) is 52.7 Å². The summed E-state index contributed by atoms with van der Waals surface area (Å²) < 4.78 is 0. The summed E-state index contributed by atoms with van der Waals surface area (Å²) >= 11 is 0. The van der Waals surface area contributed by atoms with Crippen LogP contribution in [0.15, 0.2) is 24.3 Å². The van der Waals surface area contributed by atoms with Crippen LogP contribution >= 0.6 is 0 Å². The van der Waals surface area contributed by atoms with Crippen LogP contribution in [0, 0.1) is 0 Å². The number of para-hydroxylation sites is 2. The van der Waals surface area contributed by atoms with Crippen LogP contribution in [-0.4, -0.2) is 49.3 Å². The maximum atomic E-state index is 8.87. The van der Waals surface area contributed by atoms with Crippen LogP contribution in [0.3, 0.4) is 0 Å². The fraction of sp³-hybridized carbons (Fsp3) is 0.500. The highest BCUT2D eigenvalue weighted by Gasteiger charge is 2.17. The van der Waals surface area contributed by atoms with Crippen molar-refractivity contribution >= 4 is 11.4 Å². The van der Waals surface area contributed by atoms with Crippen molar-refractivity contribution in [3.05, 3.63) is 24.3 Å². The van der Waals surface area contributed by atoms with Gasteiger partial charge < -0.3 is 15.7 Å². The molecule has 0 unspecified atom stereocenters. The Kier molecular flexibility index (Phi) is 3.64. The lowest BCUT2D eigenvalue weighted by Crippen LogP contribution is -2.47. The van der Waals surface area contributed by atoms with Gasteiger partial charge in [0.1, 0.15) is 0 Å². The van der Waals surface area contributed by atoms with Gasteiger partial charge in [-0.3, -0.25) is 4.90 Å². The number of rotatable bonds is 3. The second-order valence-electron chi connectivity index (χ2n) is 4.11. The molecule has 4 heteroatoms. The SMILES string of the molecule is Nc1ccccc1N1CCN(CCO)CC1. The third kappa shape index (κ3) is 2.46. The molecular formula is C12H19N3O. The molecule has 0 radical (unpaired) electrons. The minimum Gasteiger partial charge on any atom is -0.397 e. The van der Waals surface area contributed by atoms with E-state index >= 15 is 0 Å². The first kappa shape index (κ1) is 11.2. The number of anilines is 2. The smallest absolute Gasteiger partial charge is 0.0600 e. The molecular weight excluding hydrogens is 202 g/mol. The lowest BCUT2D eigenvalue weighted by Gasteiger charge is -2.36. The van der Waals surface area contributed by atoms with E-state index in [1.54, 1.807) is 0 Å². The number of hydrogen-bond donors (Lipinski definition) is 2. The standard InChI is InChI=1S/C12H19N3O/c13-11-3-1-2-4-12(11)15-7-5-14(6-8-15)9-10-16/h1-4,16H,5-10,13H2. The van der Waals surface area contributed by atoms with E-state index in [0.29, 0.717) is 0 Å². The summed E-state index contributed by atoms with van der Waals surface area (Å²) in [6.45, 7) is 4.97. The Hall–Kier alpha value is -1.26. The number of aliphatic hydroxyl groups is 1. The molecule has 0 bridgehead atoms. The number of β-amino-alcohol motifs (C(OH)–C–C–N with tert-alkyl or cyclic N) is 1. The second kappa shape index (κ2) is 5.18. The van der Waals surface area contributed by atoms with E-state index < -0.39 is 0 Å². The highest BCUT2D eigenvalue weighted by molar-refractivity contribution is 5.67. The number of nitrogens with zero attached hydrogens (tertiary/aromatic N) is 2. The van der Waals surface area contributed by atoms with Crippen LogP contribution in [0.4, 0.5) is 11.4 Å². The zero-order chi connectivity index (χ0) is 11.4. The monoisotopic (exact) mass is 221 g/mol. The van der Waals surface area contributed by atoms with Gasteiger partial charge in [-0.2, -0.15) is 0 Å². The van der Waals surface area contributed by atoms with Crippen molar-refractivity contribution in [2.24, 2.45) is 0 Å². The average molecular weight is 221 g/mol. The van der Waals surface area contributed by atoms with Gasteiger partial charge in [0.05, 0.1) is 18.0 Å². The molecule has 1 aromatic rings. The van der Waals surface area contributed by atoms with Crippen LogP contribution in [-0.2, 0) is 0 Å².